The fourth-order valence-corrected chi connectivity index (χ4v) is 2.56. The Morgan fingerprint density at radius 3 is 2.54 bits per heavy atom. The van der Waals surface area contributed by atoms with E-state index in [4.69, 9.17) is 27.3 Å². The molecule has 0 spiro atoms. The molecule has 1 aromatic carbocycles. The lowest BCUT2D eigenvalue weighted by atomic mass is 10.2. The average molecular weight is 353 g/mol. The summed E-state index contributed by atoms with van der Waals surface area (Å²) in [7, 11) is 0. The summed E-state index contributed by atoms with van der Waals surface area (Å²) in [5.74, 6) is 1.42. The first-order valence-corrected chi connectivity index (χ1v) is 8.30. The van der Waals surface area contributed by atoms with E-state index in [0.717, 1.165) is 17.0 Å². The third-order valence-corrected chi connectivity index (χ3v) is 3.40. The van der Waals surface area contributed by atoms with Crippen LogP contribution in [0.4, 0.5) is 0 Å². The number of benzene rings is 1. The number of hydrogen-bond donors (Lipinski definition) is 2. The Morgan fingerprint density at radius 2 is 2.00 bits per heavy atom. The summed E-state index contributed by atoms with van der Waals surface area (Å²) < 4.78 is 7.66. The van der Waals surface area contributed by atoms with Crippen LogP contribution in [0.3, 0.4) is 0 Å². The second-order valence-corrected chi connectivity index (χ2v) is 5.47. The van der Waals surface area contributed by atoms with Crippen molar-refractivity contribution in [1.82, 2.24) is 9.78 Å². The van der Waals surface area contributed by atoms with Crippen LogP contribution in [0.15, 0.2) is 23.4 Å². The van der Waals surface area contributed by atoms with Crippen LogP contribution in [0.25, 0.3) is 0 Å². The van der Waals surface area contributed by atoms with E-state index in [9.17, 15) is 0 Å². The Labute approximate surface area is 147 Å². The van der Waals surface area contributed by atoms with Gasteiger partial charge in [0.2, 0.25) is 0 Å². The number of aromatic nitrogens is 2. The van der Waals surface area contributed by atoms with E-state index >= 15 is 0 Å². The molecular weight excluding hydrogens is 328 g/mol. The van der Waals surface area contributed by atoms with Gasteiger partial charge in [0.25, 0.3) is 0 Å². The van der Waals surface area contributed by atoms with E-state index in [1.165, 1.54) is 0 Å². The molecular formula is C17H25ClN4O2. The van der Waals surface area contributed by atoms with Crippen molar-refractivity contribution in [3.05, 3.63) is 40.2 Å². The van der Waals surface area contributed by atoms with Crippen molar-refractivity contribution in [2.24, 2.45) is 10.9 Å². The van der Waals surface area contributed by atoms with Gasteiger partial charge in [-0.1, -0.05) is 37.5 Å². The van der Waals surface area contributed by atoms with Gasteiger partial charge in [-0.2, -0.15) is 5.10 Å². The highest BCUT2D eigenvalue weighted by Gasteiger charge is 2.17. The summed E-state index contributed by atoms with van der Waals surface area (Å²) in [5, 5.41) is 16.7. The standard InChI is InChI=1S/C15H19ClN4O2.C2H6/c1-4-13-15(10(3)18-20(13)8-14(17)19-21)22-12-6-9(2)5-11(16)7-12;1-2/h5-7,21H,4,8H2,1-3H3,(H2,17,19);1-2H3. The molecule has 0 atom stereocenters. The SMILES string of the molecule is CC.CCc1c(Oc2cc(C)cc(Cl)c2)c(C)nn1C/C(N)=N/O. The minimum Gasteiger partial charge on any atom is -0.453 e. The summed E-state index contributed by atoms with van der Waals surface area (Å²) in [6.07, 6.45) is 0.703. The lowest BCUT2D eigenvalue weighted by molar-refractivity contribution is 0.316. The van der Waals surface area contributed by atoms with Gasteiger partial charge in [-0.05, 0) is 44.0 Å². The predicted molar refractivity (Wildman–Crippen MR) is 97.4 cm³/mol. The number of aryl methyl sites for hydroxylation is 2. The number of nitrogens with two attached hydrogens (primary N) is 1. The minimum atomic E-state index is 0.0855. The molecule has 2 rings (SSSR count). The Morgan fingerprint density at radius 1 is 1.33 bits per heavy atom. The highest BCUT2D eigenvalue weighted by atomic mass is 35.5. The summed E-state index contributed by atoms with van der Waals surface area (Å²) >= 11 is 6.06. The molecule has 0 unspecified atom stereocenters. The molecule has 6 nitrogen and oxygen atoms in total. The van der Waals surface area contributed by atoms with Gasteiger partial charge < -0.3 is 15.7 Å². The zero-order valence-electron chi connectivity index (χ0n) is 14.8. The fourth-order valence-electron chi connectivity index (χ4n) is 2.28. The molecule has 0 amide bonds. The van der Waals surface area contributed by atoms with Gasteiger partial charge in [-0.25, -0.2) is 0 Å². The number of ether oxygens (including phenoxy) is 1. The molecule has 1 aromatic heterocycles. The Hall–Kier alpha value is -2.21. The van der Waals surface area contributed by atoms with E-state index in [1.807, 2.05) is 46.8 Å². The molecule has 0 aliphatic heterocycles. The Balaban J connectivity index is 0.00000139. The van der Waals surface area contributed by atoms with E-state index in [1.54, 1.807) is 10.7 Å². The van der Waals surface area contributed by atoms with Crippen molar-refractivity contribution < 1.29 is 9.94 Å². The van der Waals surface area contributed by atoms with Crippen molar-refractivity contribution in [2.45, 2.75) is 47.6 Å². The Kier molecular flexibility index (Phi) is 7.58. The maximum absolute atomic E-state index is 8.71. The third-order valence-electron chi connectivity index (χ3n) is 3.18. The van der Waals surface area contributed by atoms with Gasteiger partial charge in [0.1, 0.15) is 18.0 Å². The summed E-state index contributed by atoms with van der Waals surface area (Å²) in [5.41, 5.74) is 8.19. The number of amidine groups is 1. The zero-order chi connectivity index (χ0) is 18.3. The van der Waals surface area contributed by atoms with Crippen LogP contribution in [-0.2, 0) is 13.0 Å². The molecule has 3 N–H and O–H groups in total. The number of oxime groups is 1. The van der Waals surface area contributed by atoms with Crippen LogP contribution in [0, 0.1) is 13.8 Å². The first-order chi connectivity index (χ1) is 11.4. The summed E-state index contributed by atoms with van der Waals surface area (Å²) in [6, 6.07) is 5.53. The number of rotatable bonds is 5. The van der Waals surface area contributed by atoms with Gasteiger partial charge in [0, 0.05) is 5.02 Å². The lowest BCUT2D eigenvalue weighted by Gasteiger charge is -2.09. The van der Waals surface area contributed by atoms with Crippen LogP contribution in [0.2, 0.25) is 5.02 Å². The van der Waals surface area contributed by atoms with Crippen molar-refractivity contribution in [1.29, 1.82) is 0 Å². The van der Waals surface area contributed by atoms with Gasteiger partial charge in [-0.15, -0.1) is 0 Å². The van der Waals surface area contributed by atoms with E-state index < -0.39 is 0 Å². The van der Waals surface area contributed by atoms with Crippen molar-refractivity contribution in [3.63, 3.8) is 0 Å². The number of hydrogen-bond acceptors (Lipinski definition) is 4. The lowest BCUT2D eigenvalue weighted by Crippen LogP contribution is -2.21. The zero-order valence-corrected chi connectivity index (χ0v) is 15.6. The first kappa shape index (κ1) is 19.8. The van der Waals surface area contributed by atoms with Crippen molar-refractivity contribution in [3.8, 4) is 11.5 Å². The largest absolute Gasteiger partial charge is 0.453 e. The highest BCUT2D eigenvalue weighted by molar-refractivity contribution is 6.30. The van der Waals surface area contributed by atoms with Crippen molar-refractivity contribution >= 4 is 17.4 Å². The average Bonchev–Trinajstić information content (AvgIpc) is 2.83. The molecule has 2 aromatic rings. The number of nitrogens with zero attached hydrogens (tertiary/aromatic N) is 3. The topological polar surface area (TPSA) is 85.7 Å². The van der Waals surface area contributed by atoms with Gasteiger partial charge in [-0.3, -0.25) is 4.68 Å². The number of halogens is 1. The van der Waals surface area contributed by atoms with Crippen LogP contribution < -0.4 is 10.5 Å². The normalized spacial score (nSPS) is 11.0. The molecule has 132 valence electrons. The first-order valence-electron chi connectivity index (χ1n) is 7.92. The molecule has 0 aliphatic carbocycles. The van der Waals surface area contributed by atoms with Gasteiger partial charge in [0.05, 0.1) is 5.69 Å². The maximum Gasteiger partial charge on any atom is 0.171 e. The predicted octanol–water partition coefficient (Wildman–Crippen LogP) is 4.28. The maximum atomic E-state index is 8.71. The highest BCUT2D eigenvalue weighted by Crippen LogP contribution is 2.31. The molecule has 0 fully saturated rings. The molecule has 0 bridgehead atoms. The quantitative estimate of drug-likeness (QED) is 0.364. The van der Waals surface area contributed by atoms with Crippen LogP contribution in [0.1, 0.15) is 37.7 Å². The molecule has 0 saturated heterocycles. The summed E-state index contributed by atoms with van der Waals surface area (Å²) in [4.78, 5) is 0. The molecule has 24 heavy (non-hydrogen) atoms. The monoisotopic (exact) mass is 352 g/mol. The van der Waals surface area contributed by atoms with E-state index in [-0.39, 0.29) is 12.4 Å². The second-order valence-electron chi connectivity index (χ2n) is 5.03. The minimum absolute atomic E-state index is 0.0855. The molecule has 0 radical (unpaired) electrons. The van der Waals surface area contributed by atoms with Crippen LogP contribution in [-0.4, -0.2) is 20.8 Å². The van der Waals surface area contributed by atoms with Crippen LogP contribution in [0.5, 0.6) is 11.5 Å². The third kappa shape index (κ3) is 4.89. The fraction of sp³-hybridized carbons (Fsp3) is 0.412. The molecule has 1 heterocycles. The summed E-state index contributed by atoms with van der Waals surface area (Å²) in [6.45, 7) is 10.0. The van der Waals surface area contributed by atoms with Crippen LogP contribution >= 0.6 is 11.6 Å². The Bertz CT molecular complexity index is 691. The van der Waals surface area contributed by atoms with Gasteiger partial charge >= 0.3 is 0 Å². The van der Waals surface area contributed by atoms with E-state index in [2.05, 4.69) is 10.3 Å². The van der Waals surface area contributed by atoms with Gasteiger partial charge in [0.15, 0.2) is 11.6 Å². The smallest absolute Gasteiger partial charge is 0.171 e. The molecule has 0 saturated carbocycles. The van der Waals surface area contributed by atoms with Crippen molar-refractivity contribution in [2.75, 3.05) is 0 Å². The molecule has 7 heteroatoms. The second kappa shape index (κ2) is 9.17. The van der Waals surface area contributed by atoms with E-state index in [0.29, 0.717) is 22.9 Å². The molecule has 0 aliphatic rings.